The third-order valence-electron chi connectivity index (χ3n) is 12.3. The zero-order chi connectivity index (χ0) is 36.3. The molecular formula is C54H41N. The summed E-state index contributed by atoms with van der Waals surface area (Å²) < 4.78 is 2.49. The van der Waals surface area contributed by atoms with Crippen LogP contribution in [0.1, 0.15) is 65.2 Å². The van der Waals surface area contributed by atoms with Gasteiger partial charge in [-0.05, 0) is 139 Å². The number of benzene rings is 7. The monoisotopic (exact) mass is 703 g/mol. The summed E-state index contributed by atoms with van der Waals surface area (Å²) in [5.41, 5.74) is 16.0. The molecule has 1 nitrogen and oxygen atoms in total. The van der Waals surface area contributed by atoms with E-state index in [4.69, 9.17) is 0 Å². The lowest BCUT2D eigenvalue weighted by atomic mass is 9.77. The maximum Gasteiger partial charge on any atom is 0.0540 e. The predicted octanol–water partition coefficient (Wildman–Crippen LogP) is 12.4. The van der Waals surface area contributed by atoms with Crippen molar-refractivity contribution in [2.24, 2.45) is 0 Å². The Hall–Kier alpha value is -6.44. The minimum absolute atomic E-state index is 0.246. The largest absolute Gasteiger partial charge is 0.310 e. The number of nitrogens with zero attached hydrogens (tertiary/aromatic N) is 1. The predicted molar refractivity (Wildman–Crippen MR) is 233 cm³/mol. The lowest BCUT2D eigenvalue weighted by Crippen LogP contribution is -2.31. The standard InChI is InChI=1S/C54H41N/c1-3-17-37(18-4-1)53-47-26-12-13-27-48(47)54(46-28-15-20-36-16-7-9-23-41(36)46)49-31-30-38(34-50(49)53)42-32-33-45(44-25-11-10-24-43(42)44)52-35-39-19-8-14-29-51(39)55(52)40-21-5-2-6-22-40/h1-7,9-11,14-18,20-31,33-35,42H,8,12-13,19,32H2. The highest BCUT2D eigenvalue weighted by atomic mass is 15.0. The molecule has 1 atom stereocenters. The maximum absolute atomic E-state index is 2.55. The molecule has 0 saturated heterocycles. The van der Waals surface area contributed by atoms with Gasteiger partial charge >= 0.3 is 0 Å². The van der Waals surface area contributed by atoms with Gasteiger partial charge in [-0.25, -0.2) is 0 Å². The summed E-state index contributed by atoms with van der Waals surface area (Å²) in [6.07, 6.45) is 17.4. The van der Waals surface area contributed by atoms with Gasteiger partial charge in [-0.2, -0.15) is 0 Å². The smallest absolute Gasteiger partial charge is 0.0540 e. The fourth-order valence-corrected chi connectivity index (χ4v) is 9.81. The second-order valence-corrected chi connectivity index (χ2v) is 15.3. The Bertz CT molecular complexity index is 2990. The summed E-state index contributed by atoms with van der Waals surface area (Å²) in [5, 5.41) is 7.99. The van der Waals surface area contributed by atoms with E-state index in [-0.39, 0.29) is 5.92 Å². The van der Waals surface area contributed by atoms with E-state index in [0.717, 1.165) is 32.1 Å². The van der Waals surface area contributed by atoms with E-state index in [0.29, 0.717) is 0 Å². The van der Waals surface area contributed by atoms with Crippen LogP contribution in [-0.2, 0) is 6.42 Å². The van der Waals surface area contributed by atoms with Crippen LogP contribution < -0.4 is 10.4 Å². The Morgan fingerprint density at radius 1 is 0.527 bits per heavy atom. The maximum atomic E-state index is 2.55. The lowest BCUT2D eigenvalue weighted by Gasteiger charge is -2.28. The lowest BCUT2D eigenvalue weighted by molar-refractivity contribution is 0.814. The molecule has 3 aliphatic rings. The Labute approximate surface area is 322 Å². The molecule has 3 aliphatic carbocycles. The van der Waals surface area contributed by atoms with Crippen LogP contribution in [-0.4, -0.2) is 4.57 Å². The molecular weight excluding hydrogens is 663 g/mol. The molecule has 1 aromatic heterocycles. The second kappa shape index (κ2) is 13.1. The number of hydrogen-bond donors (Lipinski definition) is 0. The van der Waals surface area contributed by atoms with E-state index in [1.54, 1.807) is 0 Å². The number of fused-ring (bicyclic) bond motifs is 5. The molecule has 0 aliphatic heterocycles. The molecule has 8 aromatic rings. The summed E-state index contributed by atoms with van der Waals surface area (Å²) in [5.74, 6) is 0.246. The summed E-state index contributed by atoms with van der Waals surface area (Å²) in [6.45, 7) is 0. The third-order valence-corrected chi connectivity index (χ3v) is 12.3. The highest BCUT2D eigenvalue weighted by molar-refractivity contribution is 6.10. The number of para-hydroxylation sites is 1. The van der Waals surface area contributed by atoms with Crippen molar-refractivity contribution in [1.82, 2.24) is 4.57 Å². The van der Waals surface area contributed by atoms with Crippen molar-refractivity contribution in [2.45, 2.75) is 38.0 Å². The van der Waals surface area contributed by atoms with Crippen molar-refractivity contribution in [1.29, 1.82) is 0 Å². The van der Waals surface area contributed by atoms with Crippen LogP contribution in [0.25, 0.3) is 73.3 Å². The molecule has 0 N–H and O–H groups in total. The fraction of sp³-hybridized carbons (Fsp3) is 0.111. The van der Waals surface area contributed by atoms with Gasteiger partial charge in [0.25, 0.3) is 0 Å². The van der Waals surface area contributed by atoms with E-state index >= 15 is 0 Å². The summed E-state index contributed by atoms with van der Waals surface area (Å²) >= 11 is 0. The number of allylic oxidation sites excluding steroid dienone is 2. The Kier molecular flexibility index (Phi) is 7.66. The number of rotatable bonds is 5. The zero-order valence-electron chi connectivity index (χ0n) is 30.9. The molecule has 0 bridgehead atoms. The van der Waals surface area contributed by atoms with Gasteiger partial charge in [0.05, 0.1) is 5.69 Å². The summed E-state index contributed by atoms with van der Waals surface area (Å²) in [7, 11) is 0. The van der Waals surface area contributed by atoms with Gasteiger partial charge in [-0.15, -0.1) is 0 Å². The molecule has 1 unspecified atom stereocenters. The van der Waals surface area contributed by atoms with Gasteiger partial charge < -0.3 is 4.57 Å². The zero-order valence-corrected chi connectivity index (χ0v) is 30.9. The molecule has 7 aromatic carbocycles. The van der Waals surface area contributed by atoms with Crippen molar-refractivity contribution in [2.75, 3.05) is 0 Å². The van der Waals surface area contributed by atoms with Gasteiger partial charge in [-0.3, -0.25) is 0 Å². The quantitative estimate of drug-likeness (QED) is 0.168. The molecule has 11 rings (SSSR count). The topological polar surface area (TPSA) is 4.93 Å². The molecule has 0 radical (unpaired) electrons. The second-order valence-electron chi connectivity index (χ2n) is 15.3. The first-order valence-corrected chi connectivity index (χ1v) is 19.9. The molecule has 0 amide bonds. The molecule has 55 heavy (non-hydrogen) atoms. The van der Waals surface area contributed by atoms with Crippen molar-refractivity contribution in [3.8, 4) is 27.9 Å². The van der Waals surface area contributed by atoms with Crippen LogP contribution >= 0.6 is 0 Å². The van der Waals surface area contributed by atoms with Crippen LogP contribution in [0, 0.1) is 0 Å². The van der Waals surface area contributed by atoms with Gasteiger partial charge in [0.1, 0.15) is 0 Å². The van der Waals surface area contributed by atoms with Crippen LogP contribution in [0.4, 0.5) is 0 Å². The van der Waals surface area contributed by atoms with Crippen molar-refractivity contribution in [3.63, 3.8) is 0 Å². The Morgan fingerprint density at radius 3 is 2.13 bits per heavy atom. The molecule has 1 heteroatoms. The summed E-state index contributed by atoms with van der Waals surface area (Å²) in [4.78, 5) is 0. The molecule has 0 spiro atoms. The minimum Gasteiger partial charge on any atom is -0.310 e. The van der Waals surface area contributed by atoms with Crippen molar-refractivity contribution in [3.05, 3.63) is 208 Å². The highest BCUT2D eigenvalue weighted by Gasteiger charge is 2.28. The molecule has 0 saturated carbocycles. The van der Waals surface area contributed by atoms with Gasteiger partial charge in [0.2, 0.25) is 0 Å². The Balaban J connectivity index is 1.13. The average Bonchev–Trinajstić information content (AvgIpc) is 3.65. The molecule has 1 heterocycles. The van der Waals surface area contributed by atoms with E-state index in [2.05, 4.69) is 187 Å². The first-order valence-electron chi connectivity index (χ1n) is 19.9. The van der Waals surface area contributed by atoms with Gasteiger partial charge in [0.15, 0.2) is 0 Å². The average molecular weight is 704 g/mol. The first-order chi connectivity index (χ1) is 27.3. The molecule has 0 fully saturated rings. The highest BCUT2D eigenvalue weighted by Crippen LogP contribution is 2.45. The summed E-state index contributed by atoms with van der Waals surface area (Å²) in [6, 6.07) is 56.7. The van der Waals surface area contributed by atoms with Gasteiger partial charge in [-0.1, -0.05) is 152 Å². The minimum atomic E-state index is 0.246. The SMILES string of the molecule is C1=Cc2c(cc(C3=CCC(c4ccc5c(-c6cccc7ccccc67)c6c(c(-c7ccccc7)c5c4)=CCCC=6)c4ccccc43)n2-c2ccccc2)CC1. The fourth-order valence-electron chi connectivity index (χ4n) is 9.81. The number of aromatic nitrogens is 1. The third kappa shape index (κ3) is 5.22. The normalized spacial score (nSPS) is 15.8. The van der Waals surface area contributed by atoms with Crippen LogP contribution in [0.5, 0.6) is 0 Å². The van der Waals surface area contributed by atoms with E-state index in [1.165, 1.54) is 99.1 Å². The van der Waals surface area contributed by atoms with E-state index in [1.807, 2.05) is 0 Å². The number of aryl methyl sites for hydroxylation is 1. The van der Waals surface area contributed by atoms with Crippen molar-refractivity contribution >= 4 is 45.3 Å². The van der Waals surface area contributed by atoms with Crippen LogP contribution in [0.2, 0.25) is 0 Å². The molecule has 262 valence electrons. The van der Waals surface area contributed by atoms with E-state index < -0.39 is 0 Å². The van der Waals surface area contributed by atoms with Gasteiger partial charge in [0, 0.05) is 22.9 Å². The van der Waals surface area contributed by atoms with E-state index in [9.17, 15) is 0 Å². The van der Waals surface area contributed by atoms with Crippen LogP contribution in [0.3, 0.4) is 0 Å². The van der Waals surface area contributed by atoms with Crippen LogP contribution in [0.15, 0.2) is 164 Å². The van der Waals surface area contributed by atoms with Crippen molar-refractivity contribution < 1.29 is 0 Å². The number of hydrogen-bond acceptors (Lipinski definition) is 0. The Morgan fingerprint density at radius 2 is 1.25 bits per heavy atom. The first kappa shape index (κ1) is 32.0.